The summed E-state index contributed by atoms with van der Waals surface area (Å²) in [5.41, 5.74) is 3.47. The molecule has 35 heavy (non-hydrogen) atoms. The minimum atomic E-state index is -0.0763. The van der Waals surface area contributed by atoms with Crippen molar-refractivity contribution in [1.29, 1.82) is 0 Å². The van der Waals surface area contributed by atoms with Crippen LogP contribution in [0.4, 0.5) is 11.4 Å². The maximum absolute atomic E-state index is 13.1. The van der Waals surface area contributed by atoms with Crippen molar-refractivity contribution in [2.24, 2.45) is 0 Å². The van der Waals surface area contributed by atoms with E-state index in [0.717, 1.165) is 35.8 Å². The Balaban J connectivity index is 1.22. The van der Waals surface area contributed by atoms with Crippen molar-refractivity contribution in [1.82, 2.24) is 4.90 Å². The van der Waals surface area contributed by atoms with Crippen LogP contribution in [0.1, 0.15) is 22.8 Å². The summed E-state index contributed by atoms with van der Waals surface area (Å²) >= 11 is 0. The van der Waals surface area contributed by atoms with E-state index in [1.54, 1.807) is 4.90 Å². The highest BCUT2D eigenvalue weighted by Crippen LogP contribution is 2.33. The van der Waals surface area contributed by atoms with Crippen molar-refractivity contribution in [2.75, 3.05) is 49.2 Å². The second-order valence-corrected chi connectivity index (χ2v) is 8.61. The van der Waals surface area contributed by atoms with E-state index in [1.165, 1.54) is 0 Å². The van der Waals surface area contributed by atoms with Gasteiger partial charge in [0.2, 0.25) is 0 Å². The number of piperazine rings is 1. The third-order valence-corrected chi connectivity index (χ3v) is 6.42. The van der Waals surface area contributed by atoms with Gasteiger partial charge in [0.05, 0.1) is 24.5 Å². The standard InChI is InChI=1S/C28H29N3O4/c1-2-34-25-9-5-3-7-23(25)29-15-17-30(18-16-29)28(33)22-13-11-21(12-14-22)19-31-24-8-4-6-10-26(24)35-20-27(31)32/h3-14H,2,15-20H2,1H3. The first-order valence-electron chi connectivity index (χ1n) is 12.0. The van der Waals surface area contributed by atoms with E-state index < -0.39 is 0 Å². The van der Waals surface area contributed by atoms with Crippen LogP contribution in [0.25, 0.3) is 0 Å². The molecule has 1 saturated heterocycles. The van der Waals surface area contributed by atoms with Crippen LogP contribution in [-0.2, 0) is 11.3 Å². The van der Waals surface area contributed by atoms with Crippen LogP contribution in [0.5, 0.6) is 11.5 Å². The number of rotatable bonds is 6. The Kier molecular flexibility index (Phi) is 6.57. The summed E-state index contributed by atoms with van der Waals surface area (Å²) in [6.07, 6.45) is 0. The van der Waals surface area contributed by atoms with Gasteiger partial charge in [0.15, 0.2) is 6.61 Å². The van der Waals surface area contributed by atoms with Gasteiger partial charge < -0.3 is 24.2 Å². The van der Waals surface area contributed by atoms with Gasteiger partial charge in [-0.2, -0.15) is 0 Å². The number of ether oxygens (including phenoxy) is 2. The Hall–Kier alpha value is -4.00. The van der Waals surface area contributed by atoms with Gasteiger partial charge >= 0.3 is 0 Å². The quantitative estimate of drug-likeness (QED) is 0.544. The fourth-order valence-corrected chi connectivity index (χ4v) is 4.59. The van der Waals surface area contributed by atoms with E-state index in [1.807, 2.05) is 78.6 Å². The normalized spacial score (nSPS) is 15.5. The van der Waals surface area contributed by atoms with Crippen molar-refractivity contribution in [3.05, 3.63) is 83.9 Å². The van der Waals surface area contributed by atoms with Crippen molar-refractivity contribution < 1.29 is 19.1 Å². The summed E-state index contributed by atoms with van der Waals surface area (Å²) in [6, 6.07) is 23.1. The molecule has 2 amide bonds. The lowest BCUT2D eigenvalue weighted by Crippen LogP contribution is -2.48. The molecule has 180 valence electrons. The fourth-order valence-electron chi connectivity index (χ4n) is 4.59. The molecule has 0 radical (unpaired) electrons. The molecule has 2 aliphatic rings. The lowest BCUT2D eigenvalue weighted by Gasteiger charge is -2.36. The molecule has 0 N–H and O–H groups in total. The predicted molar refractivity (Wildman–Crippen MR) is 135 cm³/mol. The number of anilines is 2. The zero-order valence-electron chi connectivity index (χ0n) is 19.9. The summed E-state index contributed by atoms with van der Waals surface area (Å²) in [5.74, 6) is 1.54. The summed E-state index contributed by atoms with van der Waals surface area (Å²) in [7, 11) is 0. The first-order chi connectivity index (χ1) is 17.1. The van der Waals surface area contributed by atoms with Gasteiger partial charge in [-0.25, -0.2) is 0 Å². The number of hydrogen-bond acceptors (Lipinski definition) is 5. The second-order valence-electron chi connectivity index (χ2n) is 8.61. The molecule has 0 aromatic heterocycles. The van der Waals surface area contributed by atoms with E-state index in [2.05, 4.69) is 11.0 Å². The number of para-hydroxylation sites is 4. The van der Waals surface area contributed by atoms with Crippen molar-refractivity contribution >= 4 is 23.2 Å². The van der Waals surface area contributed by atoms with Gasteiger partial charge in [-0.3, -0.25) is 9.59 Å². The molecule has 0 saturated carbocycles. The van der Waals surface area contributed by atoms with Crippen LogP contribution >= 0.6 is 0 Å². The monoisotopic (exact) mass is 471 g/mol. The van der Waals surface area contributed by atoms with Crippen molar-refractivity contribution in [3.63, 3.8) is 0 Å². The lowest BCUT2D eigenvalue weighted by molar-refractivity contribution is -0.121. The molecule has 5 rings (SSSR count). The number of fused-ring (bicyclic) bond motifs is 1. The third-order valence-electron chi connectivity index (χ3n) is 6.42. The third kappa shape index (κ3) is 4.80. The van der Waals surface area contributed by atoms with E-state index in [0.29, 0.717) is 37.6 Å². The molecule has 3 aromatic carbocycles. The number of carbonyl (C=O) groups excluding carboxylic acids is 2. The Morgan fingerprint density at radius 1 is 0.886 bits per heavy atom. The van der Waals surface area contributed by atoms with E-state index in [9.17, 15) is 9.59 Å². The number of amides is 2. The van der Waals surface area contributed by atoms with Crippen LogP contribution < -0.4 is 19.3 Å². The smallest absolute Gasteiger partial charge is 0.265 e. The highest BCUT2D eigenvalue weighted by atomic mass is 16.5. The van der Waals surface area contributed by atoms with Crippen LogP contribution in [-0.4, -0.2) is 56.1 Å². The molecular weight excluding hydrogens is 442 g/mol. The minimum absolute atomic E-state index is 0.0297. The van der Waals surface area contributed by atoms with Crippen molar-refractivity contribution in [3.8, 4) is 11.5 Å². The van der Waals surface area contributed by atoms with Crippen LogP contribution in [0.2, 0.25) is 0 Å². The highest BCUT2D eigenvalue weighted by Gasteiger charge is 2.26. The first kappa shape index (κ1) is 22.8. The molecule has 2 heterocycles. The molecule has 0 bridgehead atoms. The average molecular weight is 472 g/mol. The van der Waals surface area contributed by atoms with E-state index in [4.69, 9.17) is 9.47 Å². The van der Waals surface area contributed by atoms with E-state index in [-0.39, 0.29) is 18.4 Å². The summed E-state index contributed by atoms with van der Waals surface area (Å²) < 4.78 is 11.3. The predicted octanol–water partition coefficient (Wildman–Crippen LogP) is 3.97. The molecule has 3 aromatic rings. The molecule has 0 unspecified atom stereocenters. The first-order valence-corrected chi connectivity index (χ1v) is 12.0. The second kappa shape index (κ2) is 10.1. The molecule has 0 aliphatic carbocycles. The maximum Gasteiger partial charge on any atom is 0.265 e. The Bertz CT molecular complexity index is 1200. The van der Waals surface area contributed by atoms with Crippen molar-refractivity contribution in [2.45, 2.75) is 13.5 Å². The van der Waals surface area contributed by atoms with Gasteiger partial charge in [0.25, 0.3) is 11.8 Å². The summed E-state index contributed by atoms with van der Waals surface area (Å²) in [6.45, 7) is 5.90. The van der Waals surface area contributed by atoms with Gasteiger partial charge in [-0.1, -0.05) is 36.4 Å². The molecule has 0 atom stereocenters. The number of benzene rings is 3. The zero-order valence-corrected chi connectivity index (χ0v) is 19.9. The topological polar surface area (TPSA) is 62.3 Å². The largest absolute Gasteiger partial charge is 0.492 e. The van der Waals surface area contributed by atoms with Crippen LogP contribution in [0, 0.1) is 0 Å². The molecule has 7 heteroatoms. The van der Waals surface area contributed by atoms with Gasteiger partial charge in [0.1, 0.15) is 11.5 Å². The van der Waals surface area contributed by atoms with E-state index >= 15 is 0 Å². The van der Waals surface area contributed by atoms with Gasteiger partial charge in [-0.15, -0.1) is 0 Å². The average Bonchev–Trinajstić information content (AvgIpc) is 2.91. The number of nitrogens with zero attached hydrogens (tertiary/aromatic N) is 3. The Morgan fingerprint density at radius 3 is 2.31 bits per heavy atom. The van der Waals surface area contributed by atoms with Gasteiger partial charge in [0, 0.05) is 31.7 Å². The molecule has 7 nitrogen and oxygen atoms in total. The number of carbonyl (C=O) groups is 2. The SMILES string of the molecule is CCOc1ccccc1N1CCN(C(=O)c2ccc(CN3C(=O)COc4ccccc43)cc2)CC1. The summed E-state index contributed by atoms with van der Waals surface area (Å²) in [5, 5.41) is 0. The fraction of sp³-hybridized carbons (Fsp3) is 0.286. The molecule has 2 aliphatic heterocycles. The Morgan fingerprint density at radius 2 is 1.57 bits per heavy atom. The maximum atomic E-state index is 13.1. The Labute approximate surface area is 205 Å². The molecule has 1 fully saturated rings. The molecular formula is C28H29N3O4. The number of hydrogen-bond donors (Lipinski definition) is 0. The lowest BCUT2D eigenvalue weighted by atomic mass is 10.1. The van der Waals surface area contributed by atoms with Crippen LogP contribution in [0.15, 0.2) is 72.8 Å². The zero-order chi connectivity index (χ0) is 24.2. The van der Waals surface area contributed by atoms with Gasteiger partial charge in [-0.05, 0) is 48.9 Å². The van der Waals surface area contributed by atoms with Crippen LogP contribution in [0.3, 0.4) is 0 Å². The molecule has 0 spiro atoms. The minimum Gasteiger partial charge on any atom is -0.492 e. The summed E-state index contributed by atoms with van der Waals surface area (Å²) in [4.78, 5) is 31.5. The highest BCUT2D eigenvalue weighted by molar-refractivity contribution is 5.98.